The van der Waals surface area contributed by atoms with Gasteiger partial charge in [-0.1, -0.05) is 19.9 Å². The summed E-state index contributed by atoms with van der Waals surface area (Å²) in [5, 5.41) is 3.05. The molecule has 1 aliphatic rings. The molecular formula is C18H28ClN3O2. The first kappa shape index (κ1) is 20.5. The molecule has 6 heteroatoms. The Balaban J connectivity index is 0.00000288. The van der Waals surface area contributed by atoms with Crippen LogP contribution in [0.5, 0.6) is 0 Å². The van der Waals surface area contributed by atoms with Gasteiger partial charge >= 0.3 is 0 Å². The molecule has 134 valence electrons. The Morgan fingerprint density at radius 2 is 2.12 bits per heavy atom. The summed E-state index contributed by atoms with van der Waals surface area (Å²) in [5.74, 6) is 0.415. The third kappa shape index (κ3) is 4.95. The number of benzene rings is 1. The predicted molar refractivity (Wildman–Crippen MR) is 99.7 cm³/mol. The maximum absolute atomic E-state index is 12.6. The number of rotatable bonds is 6. The molecule has 1 saturated heterocycles. The average molecular weight is 354 g/mol. The fourth-order valence-electron chi connectivity index (χ4n) is 3.17. The number of carbonyl (C=O) groups is 2. The molecule has 0 bridgehead atoms. The smallest absolute Gasteiger partial charge is 0.251 e. The SMILES string of the molecule is CC(C)CC(C)(CN)NC(=O)c1cccc(N2CCCC2=O)c1.Cl. The van der Waals surface area contributed by atoms with Crippen LogP contribution in [0.3, 0.4) is 0 Å². The molecule has 1 aromatic carbocycles. The van der Waals surface area contributed by atoms with Crippen LogP contribution in [0.15, 0.2) is 24.3 Å². The van der Waals surface area contributed by atoms with E-state index in [1.165, 1.54) is 0 Å². The van der Waals surface area contributed by atoms with Gasteiger partial charge in [0.1, 0.15) is 0 Å². The largest absolute Gasteiger partial charge is 0.346 e. The molecule has 5 nitrogen and oxygen atoms in total. The molecule has 1 heterocycles. The summed E-state index contributed by atoms with van der Waals surface area (Å²) in [7, 11) is 0. The minimum Gasteiger partial charge on any atom is -0.346 e. The van der Waals surface area contributed by atoms with Crippen LogP contribution in [0, 0.1) is 5.92 Å². The monoisotopic (exact) mass is 353 g/mol. The molecular weight excluding hydrogens is 326 g/mol. The van der Waals surface area contributed by atoms with Crippen LogP contribution in [-0.2, 0) is 4.79 Å². The van der Waals surface area contributed by atoms with Crippen molar-refractivity contribution >= 4 is 29.9 Å². The molecule has 1 aliphatic heterocycles. The normalized spacial score (nSPS) is 16.7. The van der Waals surface area contributed by atoms with E-state index in [1.54, 1.807) is 17.0 Å². The lowest BCUT2D eigenvalue weighted by atomic mass is 9.90. The lowest BCUT2D eigenvalue weighted by molar-refractivity contribution is -0.117. The summed E-state index contributed by atoms with van der Waals surface area (Å²) in [6.07, 6.45) is 2.27. The summed E-state index contributed by atoms with van der Waals surface area (Å²) < 4.78 is 0. The first-order chi connectivity index (χ1) is 10.8. The van der Waals surface area contributed by atoms with E-state index in [-0.39, 0.29) is 24.2 Å². The second-order valence-electron chi connectivity index (χ2n) is 7.02. The highest BCUT2D eigenvalue weighted by molar-refractivity contribution is 5.99. The zero-order valence-electron chi connectivity index (χ0n) is 14.7. The third-order valence-corrected chi connectivity index (χ3v) is 4.22. The maximum Gasteiger partial charge on any atom is 0.251 e. The number of hydrogen-bond donors (Lipinski definition) is 2. The zero-order chi connectivity index (χ0) is 17.0. The number of nitrogens with one attached hydrogen (secondary N) is 1. The van der Waals surface area contributed by atoms with Gasteiger partial charge in [0.05, 0.1) is 0 Å². The molecule has 3 N–H and O–H groups in total. The van der Waals surface area contributed by atoms with Gasteiger partial charge in [-0.15, -0.1) is 12.4 Å². The van der Waals surface area contributed by atoms with Gasteiger partial charge in [0, 0.05) is 36.3 Å². The molecule has 1 aromatic rings. The van der Waals surface area contributed by atoms with Crippen LogP contribution in [0.1, 0.15) is 50.4 Å². The van der Waals surface area contributed by atoms with Crippen molar-refractivity contribution in [1.29, 1.82) is 0 Å². The van der Waals surface area contributed by atoms with Crippen LogP contribution >= 0.6 is 12.4 Å². The van der Waals surface area contributed by atoms with Crippen LogP contribution in [0.25, 0.3) is 0 Å². The van der Waals surface area contributed by atoms with Crippen molar-refractivity contribution in [3.8, 4) is 0 Å². The van der Waals surface area contributed by atoms with Crippen LogP contribution in [-0.4, -0.2) is 30.4 Å². The molecule has 2 amide bonds. The van der Waals surface area contributed by atoms with Crippen LogP contribution < -0.4 is 16.0 Å². The summed E-state index contributed by atoms with van der Waals surface area (Å²) in [5.41, 5.74) is 6.79. The van der Waals surface area contributed by atoms with E-state index >= 15 is 0 Å². The van der Waals surface area contributed by atoms with Crippen molar-refractivity contribution in [2.75, 3.05) is 18.0 Å². The zero-order valence-corrected chi connectivity index (χ0v) is 15.5. The minimum atomic E-state index is -0.426. The number of nitrogens with zero attached hydrogens (tertiary/aromatic N) is 1. The van der Waals surface area contributed by atoms with Gasteiger partial charge in [-0.25, -0.2) is 0 Å². The average Bonchev–Trinajstić information content (AvgIpc) is 2.92. The Morgan fingerprint density at radius 1 is 1.42 bits per heavy atom. The number of anilines is 1. The van der Waals surface area contributed by atoms with E-state index in [4.69, 9.17) is 5.73 Å². The Hall–Kier alpha value is -1.59. The first-order valence-corrected chi connectivity index (χ1v) is 8.27. The molecule has 1 atom stereocenters. The molecule has 1 unspecified atom stereocenters. The highest BCUT2D eigenvalue weighted by Crippen LogP contribution is 2.23. The Labute approximate surface area is 150 Å². The maximum atomic E-state index is 12.6. The van der Waals surface area contributed by atoms with Gasteiger partial charge in [0.15, 0.2) is 0 Å². The van der Waals surface area contributed by atoms with Gasteiger partial charge in [-0.2, -0.15) is 0 Å². The van der Waals surface area contributed by atoms with E-state index in [0.29, 0.717) is 24.4 Å². The molecule has 24 heavy (non-hydrogen) atoms. The lowest BCUT2D eigenvalue weighted by Gasteiger charge is -2.31. The molecule has 1 fully saturated rings. The van der Waals surface area contributed by atoms with E-state index in [9.17, 15) is 9.59 Å². The van der Waals surface area contributed by atoms with Crippen molar-refractivity contribution in [1.82, 2.24) is 5.32 Å². The molecule has 0 radical (unpaired) electrons. The summed E-state index contributed by atoms with van der Waals surface area (Å²) in [6, 6.07) is 7.24. The van der Waals surface area contributed by atoms with Crippen molar-refractivity contribution in [2.24, 2.45) is 11.7 Å². The van der Waals surface area contributed by atoms with Gasteiger partial charge in [0.25, 0.3) is 5.91 Å². The predicted octanol–water partition coefficient (Wildman–Crippen LogP) is 2.73. The summed E-state index contributed by atoms with van der Waals surface area (Å²) >= 11 is 0. The second kappa shape index (κ2) is 8.49. The minimum absolute atomic E-state index is 0. The third-order valence-electron chi connectivity index (χ3n) is 4.22. The van der Waals surface area contributed by atoms with E-state index in [0.717, 1.165) is 25.1 Å². The molecule has 0 aliphatic carbocycles. The van der Waals surface area contributed by atoms with Crippen molar-refractivity contribution in [3.05, 3.63) is 29.8 Å². The number of hydrogen-bond acceptors (Lipinski definition) is 3. The molecule has 0 saturated carbocycles. The first-order valence-electron chi connectivity index (χ1n) is 8.27. The Kier molecular flexibility index (Phi) is 7.24. The number of amides is 2. The van der Waals surface area contributed by atoms with E-state index in [1.807, 2.05) is 19.1 Å². The second-order valence-corrected chi connectivity index (χ2v) is 7.02. The van der Waals surface area contributed by atoms with Crippen LogP contribution in [0.4, 0.5) is 5.69 Å². The fraction of sp³-hybridized carbons (Fsp3) is 0.556. The van der Waals surface area contributed by atoms with Gasteiger partial charge in [-0.05, 0) is 43.9 Å². The number of nitrogens with two attached hydrogens (primary N) is 1. The highest BCUT2D eigenvalue weighted by Gasteiger charge is 2.27. The van der Waals surface area contributed by atoms with Crippen molar-refractivity contribution in [2.45, 2.75) is 45.6 Å². The quantitative estimate of drug-likeness (QED) is 0.825. The summed E-state index contributed by atoms with van der Waals surface area (Å²) in [6.45, 7) is 7.30. The van der Waals surface area contributed by atoms with Gasteiger partial charge < -0.3 is 16.0 Å². The topological polar surface area (TPSA) is 75.4 Å². The standard InChI is InChI=1S/C18H27N3O2.ClH/c1-13(2)11-18(3,12-19)20-17(23)14-6-4-7-15(10-14)21-9-5-8-16(21)22;/h4,6-7,10,13H,5,8-9,11-12,19H2,1-3H3,(H,20,23);1H. The van der Waals surface area contributed by atoms with Crippen LogP contribution in [0.2, 0.25) is 0 Å². The highest BCUT2D eigenvalue weighted by atomic mass is 35.5. The Bertz CT molecular complexity index is 591. The van der Waals surface area contributed by atoms with Gasteiger partial charge in [0.2, 0.25) is 5.91 Å². The van der Waals surface area contributed by atoms with Crippen molar-refractivity contribution < 1.29 is 9.59 Å². The van der Waals surface area contributed by atoms with E-state index in [2.05, 4.69) is 19.2 Å². The molecule has 2 rings (SSSR count). The van der Waals surface area contributed by atoms with Gasteiger partial charge in [-0.3, -0.25) is 9.59 Å². The molecule has 0 aromatic heterocycles. The number of carbonyl (C=O) groups excluding carboxylic acids is 2. The summed E-state index contributed by atoms with van der Waals surface area (Å²) in [4.78, 5) is 26.2. The lowest BCUT2D eigenvalue weighted by Crippen LogP contribution is -2.52. The Morgan fingerprint density at radius 3 is 2.67 bits per heavy atom. The number of halogens is 1. The molecule has 0 spiro atoms. The van der Waals surface area contributed by atoms with Crippen molar-refractivity contribution in [3.63, 3.8) is 0 Å². The fourth-order valence-corrected chi connectivity index (χ4v) is 3.17. The van der Waals surface area contributed by atoms with E-state index < -0.39 is 5.54 Å².